The molecule has 2 aromatic rings. The van der Waals surface area contributed by atoms with Crippen LogP contribution in [0.5, 0.6) is 17.4 Å². The minimum absolute atomic E-state index is 0.0206. The molecule has 0 atom stereocenters. The Morgan fingerprint density at radius 3 is 2.05 bits per heavy atom. The van der Waals surface area contributed by atoms with Gasteiger partial charge in [0.25, 0.3) is 5.88 Å². The molecule has 1 N–H and O–H groups in total. The van der Waals surface area contributed by atoms with Gasteiger partial charge in [-0.25, -0.2) is 4.98 Å². The van der Waals surface area contributed by atoms with Crippen molar-refractivity contribution < 1.29 is 23.0 Å². The second-order valence-corrected chi connectivity index (χ2v) is 5.92. The van der Waals surface area contributed by atoms with Crippen LogP contribution in [0.25, 0.3) is 0 Å². The SMILES string of the molecule is CC(C)(C)c1ccc(Oc2ncc(C(F)(F)F)cc2O)cc1. The molecule has 0 amide bonds. The molecule has 0 unspecified atom stereocenters. The maximum atomic E-state index is 12.5. The summed E-state index contributed by atoms with van der Waals surface area (Å²) < 4.78 is 42.8. The van der Waals surface area contributed by atoms with E-state index in [4.69, 9.17) is 4.74 Å². The van der Waals surface area contributed by atoms with Gasteiger partial charge in [0.2, 0.25) is 0 Å². The molecule has 0 saturated carbocycles. The Bertz CT molecular complexity index is 659. The van der Waals surface area contributed by atoms with Crippen LogP contribution in [0, 0.1) is 0 Å². The van der Waals surface area contributed by atoms with Gasteiger partial charge in [0.05, 0.1) is 5.56 Å². The maximum absolute atomic E-state index is 12.5. The lowest BCUT2D eigenvalue weighted by atomic mass is 9.87. The first kappa shape index (κ1) is 16.1. The third-order valence-corrected chi connectivity index (χ3v) is 3.09. The second kappa shape index (κ2) is 5.51. The number of rotatable bonds is 2. The first-order chi connectivity index (χ1) is 10.1. The zero-order chi connectivity index (χ0) is 16.5. The summed E-state index contributed by atoms with van der Waals surface area (Å²) in [7, 11) is 0. The van der Waals surface area contributed by atoms with Crippen molar-refractivity contribution in [3.8, 4) is 17.4 Å². The van der Waals surface area contributed by atoms with Crippen molar-refractivity contribution in [1.29, 1.82) is 0 Å². The van der Waals surface area contributed by atoms with E-state index in [-0.39, 0.29) is 11.3 Å². The fourth-order valence-electron chi connectivity index (χ4n) is 1.81. The van der Waals surface area contributed by atoms with Crippen molar-refractivity contribution >= 4 is 0 Å². The maximum Gasteiger partial charge on any atom is 0.418 e. The zero-order valence-corrected chi connectivity index (χ0v) is 12.4. The number of aromatic nitrogens is 1. The molecule has 0 bridgehead atoms. The van der Waals surface area contributed by atoms with Gasteiger partial charge in [-0.15, -0.1) is 0 Å². The molecule has 2 rings (SSSR count). The number of pyridine rings is 1. The van der Waals surface area contributed by atoms with Gasteiger partial charge in [0.1, 0.15) is 5.75 Å². The molecule has 0 spiro atoms. The van der Waals surface area contributed by atoms with E-state index in [0.29, 0.717) is 18.0 Å². The lowest BCUT2D eigenvalue weighted by Gasteiger charge is -2.19. The molecule has 0 aliphatic carbocycles. The Morgan fingerprint density at radius 1 is 1.00 bits per heavy atom. The molecule has 3 nitrogen and oxygen atoms in total. The standard InChI is InChI=1S/C16H16F3NO2/c1-15(2,3)10-4-6-12(7-5-10)22-14-13(21)8-11(9-20-14)16(17,18)19/h4-9,21H,1-3H3. The van der Waals surface area contributed by atoms with Crippen LogP contribution in [0.15, 0.2) is 36.5 Å². The van der Waals surface area contributed by atoms with Crippen molar-refractivity contribution in [2.24, 2.45) is 0 Å². The highest BCUT2D eigenvalue weighted by Crippen LogP contribution is 2.35. The van der Waals surface area contributed by atoms with Crippen LogP contribution < -0.4 is 4.74 Å². The normalized spacial score (nSPS) is 12.3. The number of alkyl halides is 3. The van der Waals surface area contributed by atoms with Crippen LogP contribution in [0.3, 0.4) is 0 Å². The van der Waals surface area contributed by atoms with Crippen molar-refractivity contribution in [2.75, 3.05) is 0 Å². The highest BCUT2D eigenvalue weighted by molar-refractivity contribution is 5.40. The van der Waals surface area contributed by atoms with E-state index in [1.807, 2.05) is 12.1 Å². The predicted octanol–water partition coefficient (Wildman–Crippen LogP) is 4.90. The van der Waals surface area contributed by atoms with Crippen LogP contribution in [0.4, 0.5) is 13.2 Å². The van der Waals surface area contributed by atoms with Gasteiger partial charge in [-0.2, -0.15) is 13.2 Å². The molecular formula is C16H16F3NO2. The van der Waals surface area contributed by atoms with Crippen molar-refractivity contribution in [2.45, 2.75) is 32.4 Å². The summed E-state index contributed by atoms with van der Waals surface area (Å²) in [6, 6.07) is 7.66. The first-order valence-electron chi connectivity index (χ1n) is 6.62. The number of halogens is 3. The van der Waals surface area contributed by atoms with Crippen LogP contribution in [-0.4, -0.2) is 10.1 Å². The van der Waals surface area contributed by atoms with Crippen LogP contribution >= 0.6 is 0 Å². The van der Waals surface area contributed by atoms with Crippen molar-refractivity contribution in [1.82, 2.24) is 4.98 Å². The number of ether oxygens (including phenoxy) is 1. The predicted molar refractivity (Wildman–Crippen MR) is 76.1 cm³/mol. The number of aromatic hydroxyl groups is 1. The Balaban J connectivity index is 2.21. The number of hydrogen-bond donors (Lipinski definition) is 1. The lowest BCUT2D eigenvalue weighted by molar-refractivity contribution is -0.138. The fourth-order valence-corrected chi connectivity index (χ4v) is 1.81. The van der Waals surface area contributed by atoms with Crippen molar-refractivity contribution in [3.05, 3.63) is 47.7 Å². The topological polar surface area (TPSA) is 42.4 Å². The van der Waals surface area contributed by atoms with Gasteiger partial charge in [0, 0.05) is 6.20 Å². The summed E-state index contributed by atoms with van der Waals surface area (Å²) >= 11 is 0. The van der Waals surface area contributed by atoms with Crippen LogP contribution in [-0.2, 0) is 11.6 Å². The largest absolute Gasteiger partial charge is 0.503 e. The summed E-state index contributed by atoms with van der Waals surface area (Å²) in [5, 5.41) is 9.61. The van der Waals surface area contributed by atoms with Gasteiger partial charge < -0.3 is 9.84 Å². The molecule has 1 aromatic carbocycles. The van der Waals surface area contributed by atoms with Gasteiger partial charge >= 0.3 is 6.18 Å². The van der Waals surface area contributed by atoms with E-state index in [9.17, 15) is 18.3 Å². The van der Waals surface area contributed by atoms with Crippen LogP contribution in [0.2, 0.25) is 0 Å². The van der Waals surface area contributed by atoms with E-state index < -0.39 is 17.5 Å². The third kappa shape index (κ3) is 3.69. The van der Waals surface area contributed by atoms with E-state index in [2.05, 4.69) is 25.8 Å². The molecule has 0 aliphatic rings. The number of hydrogen-bond acceptors (Lipinski definition) is 3. The van der Waals surface area contributed by atoms with E-state index in [1.54, 1.807) is 12.1 Å². The Labute approximate surface area is 126 Å². The summed E-state index contributed by atoms with van der Waals surface area (Å²) in [6.07, 6.45) is -3.93. The number of nitrogens with zero attached hydrogens (tertiary/aromatic N) is 1. The van der Waals surface area contributed by atoms with Gasteiger partial charge in [-0.1, -0.05) is 32.9 Å². The van der Waals surface area contributed by atoms with Gasteiger partial charge in [-0.3, -0.25) is 0 Å². The highest BCUT2D eigenvalue weighted by Gasteiger charge is 2.32. The Morgan fingerprint density at radius 2 is 1.59 bits per heavy atom. The molecule has 0 saturated heterocycles. The first-order valence-corrected chi connectivity index (χ1v) is 6.62. The second-order valence-electron chi connectivity index (χ2n) is 5.92. The molecule has 22 heavy (non-hydrogen) atoms. The molecule has 1 aromatic heterocycles. The van der Waals surface area contributed by atoms with Gasteiger partial charge in [-0.05, 0) is 29.2 Å². The molecule has 1 heterocycles. The Kier molecular flexibility index (Phi) is 4.04. The Hall–Kier alpha value is -2.24. The molecule has 6 heteroatoms. The van der Waals surface area contributed by atoms with E-state index in [1.165, 1.54) is 0 Å². The third-order valence-electron chi connectivity index (χ3n) is 3.09. The summed E-state index contributed by atoms with van der Waals surface area (Å²) in [6.45, 7) is 6.18. The fraction of sp³-hybridized carbons (Fsp3) is 0.312. The van der Waals surface area contributed by atoms with Crippen molar-refractivity contribution in [3.63, 3.8) is 0 Å². The van der Waals surface area contributed by atoms with E-state index in [0.717, 1.165) is 5.56 Å². The average molecular weight is 311 g/mol. The zero-order valence-electron chi connectivity index (χ0n) is 12.4. The summed E-state index contributed by atoms with van der Waals surface area (Å²) in [4.78, 5) is 3.52. The lowest BCUT2D eigenvalue weighted by Crippen LogP contribution is -2.10. The molecule has 118 valence electrons. The molecular weight excluding hydrogens is 295 g/mol. The van der Waals surface area contributed by atoms with Gasteiger partial charge in [0.15, 0.2) is 5.75 Å². The molecule has 0 fully saturated rings. The minimum Gasteiger partial charge on any atom is -0.503 e. The molecule has 0 aliphatic heterocycles. The monoisotopic (exact) mass is 311 g/mol. The summed E-state index contributed by atoms with van der Waals surface area (Å²) in [5.41, 5.74) is 0.0395. The molecule has 0 radical (unpaired) electrons. The highest BCUT2D eigenvalue weighted by atomic mass is 19.4. The average Bonchev–Trinajstić information content (AvgIpc) is 2.39. The minimum atomic E-state index is -4.56. The summed E-state index contributed by atoms with van der Waals surface area (Å²) in [5.74, 6) is -0.540. The quantitative estimate of drug-likeness (QED) is 0.858. The smallest absolute Gasteiger partial charge is 0.418 e. The number of benzene rings is 1. The van der Waals surface area contributed by atoms with E-state index >= 15 is 0 Å². The van der Waals surface area contributed by atoms with Crippen LogP contribution in [0.1, 0.15) is 31.9 Å².